The van der Waals surface area contributed by atoms with Crippen molar-refractivity contribution in [1.29, 1.82) is 0 Å². The molecule has 0 fully saturated rings. The van der Waals surface area contributed by atoms with Crippen molar-refractivity contribution in [2.24, 2.45) is 0 Å². The molecule has 4 nitrogen and oxygen atoms in total. The Kier molecular flexibility index (Phi) is 6.10. The van der Waals surface area contributed by atoms with E-state index in [0.717, 1.165) is 27.3 Å². The Bertz CT molecular complexity index is 942. The Labute approximate surface area is 169 Å². The van der Waals surface area contributed by atoms with Gasteiger partial charge in [-0.25, -0.2) is 9.97 Å². The monoisotopic (exact) mass is 427 g/mol. The van der Waals surface area contributed by atoms with Crippen LogP contribution in [0.3, 0.4) is 0 Å². The van der Waals surface area contributed by atoms with Crippen LogP contribution in [0.4, 0.5) is 18.9 Å². The van der Waals surface area contributed by atoms with E-state index in [-0.39, 0.29) is 16.9 Å². The molecule has 0 amide bonds. The highest BCUT2D eigenvalue weighted by Crippen LogP contribution is 2.31. The van der Waals surface area contributed by atoms with Gasteiger partial charge in [0.25, 0.3) is 0 Å². The molecule has 1 N–H and O–H groups in total. The molecule has 148 valence electrons. The van der Waals surface area contributed by atoms with E-state index in [4.69, 9.17) is 16.3 Å². The van der Waals surface area contributed by atoms with E-state index in [0.29, 0.717) is 6.54 Å². The van der Waals surface area contributed by atoms with Crippen LogP contribution in [0.1, 0.15) is 24.4 Å². The van der Waals surface area contributed by atoms with E-state index in [9.17, 15) is 13.2 Å². The Hall–Kier alpha value is -2.32. The molecular formula is C19H17ClF3N3OS. The lowest BCUT2D eigenvalue weighted by Crippen LogP contribution is -2.09. The van der Waals surface area contributed by atoms with Crippen LogP contribution in [0.15, 0.2) is 42.6 Å². The van der Waals surface area contributed by atoms with E-state index in [1.165, 1.54) is 17.4 Å². The van der Waals surface area contributed by atoms with Crippen LogP contribution in [0.2, 0.25) is 5.15 Å². The maximum absolute atomic E-state index is 12.8. The number of hydrogen-bond acceptors (Lipinski definition) is 5. The Morgan fingerprint density at radius 2 is 1.89 bits per heavy atom. The van der Waals surface area contributed by atoms with Crippen LogP contribution in [0.5, 0.6) is 5.75 Å². The predicted octanol–water partition coefficient (Wildman–Crippen LogP) is 6.28. The number of ether oxygens (including phenoxy) is 1. The molecule has 0 aliphatic heterocycles. The lowest BCUT2D eigenvalue weighted by atomic mass is 10.2. The number of alkyl halides is 3. The number of pyridine rings is 1. The molecule has 3 rings (SSSR count). The minimum absolute atomic E-state index is 0.0999. The topological polar surface area (TPSA) is 47.0 Å². The van der Waals surface area contributed by atoms with Crippen molar-refractivity contribution in [2.45, 2.75) is 32.7 Å². The third-order valence-corrected chi connectivity index (χ3v) is 4.82. The number of anilines is 1. The first kappa shape index (κ1) is 20.4. The first-order chi connectivity index (χ1) is 13.2. The minimum atomic E-state index is -4.55. The van der Waals surface area contributed by atoms with Crippen LogP contribution in [-0.4, -0.2) is 16.1 Å². The number of hydrogen-bond donors (Lipinski definition) is 1. The highest BCUT2D eigenvalue weighted by molar-refractivity contribution is 7.15. The highest BCUT2D eigenvalue weighted by Gasteiger charge is 2.33. The Morgan fingerprint density at radius 1 is 1.18 bits per heavy atom. The van der Waals surface area contributed by atoms with Gasteiger partial charge in [-0.15, -0.1) is 11.3 Å². The summed E-state index contributed by atoms with van der Waals surface area (Å²) in [6.07, 6.45) is -2.76. The van der Waals surface area contributed by atoms with Gasteiger partial charge in [0, 0.05) is 22.3 Å². The second-order valence-electron chi connectivity index (χ2n) is 6.24. The van der Waals surface area contributed by atoms with Gasteiger partial charge < -0.3 is 10.1 Å². The number of nitrogens with one attached hydrogen (secondary N) is 1. The molecule has 28 heavy (non-hydrogen) atoms. The van der Waals surface area contributed by atoms with E-state index in [1.807, 2.05) is 38.1 Å². The van der Waals surface area contributed by atoms with Gasteiger partial charge >= 0.3 is 6.18 Å². The fraction of sp³-hybridized carbons (Fsp3) is 0.263. The van der Waals surface area contributed by atoms with Crippen molar-refractivity contribution < 1.29 is 17.9 Å². The van der Waals surface area contributed by atoms with Gasteiger partial charge in [-0.3, -0.25) is 0 Å². The highest BCUT2D eigenvalue weighted by atomic mass is 35.5. The number of nitrogens with zero attached hydrogens (tertiary/aromatic N) is 2. The number of aromatic nitrogens is 2. The van der Waals surface area contributed by atoms with E-state index in [2.05, 4.69) is 15.3 Å². The SMILES string of the molecule is CC(C)Oc1ccc(-c2ncc(CNc3cc(Cl)nc(C(F)(F)F)c3)s2)cc1. The summed E-state index contributed by atoms with van der Waals surface area (Å²) in [6, 6.07) is 9.89. The maximum Gasteiger partial charge on any atom is 0.433 e. The lowest BCUT2D eigenvalue weighted by Gasteiger charge is -2.10. The number of thiazole rings is 1. The molecule has 0 saturated heterocycles. The summed E-state index contributed by atoms with van der Waals surface area (Å²) in [5, 5.41) is 3.54. The zero-order valence-electron chi connectivity index (χ0n) is 15.0. The molecule has 2 heterocycles. The van der Waals surface area contributed by atoms with Gasteiger partial charge in [0.05, 0.1) is 12.6 Å². The average Bonchev–Trinajstić information content (AvgIpc) is 3.08. The molecule has 0 bridgehead atoms. The molecular weight excluding hydrogens is 411 g/mol. The normalized spacial score (nSPS) is 11.7. The van der Waals surface area contributed by atoms with Crippen LogP contribution in [0.25, 0.3) is 10.6 Å². The fourth-order valence-electron chi connectivity index (χ4n) is 2.40. The molecule has 3 aromatic rings. The van der Waals surface area contributed by atoms with Gasteiger partial charge in [-0.05, 0) is 50.2 Å². The van der Waals surface area contributed by atoms with Gasteiger partial charge in [0.15, 0.2) is 0 Å². The predicted molar refractivity (Wildman–Crippen MR) is 105 cm³/mol. The van der Waals surface area contributed by atoms with E-state index in [1.54, 1.807) is 6.20 Å². The summed E-state index contributed by atoms with van der Waals surface area (Å²) >= 11 is 7.15. The molecule has 2 aromatic heterocycles. The smallest absolute Gasteiger partial charge is 0.433 e. The van der Waals surface area contributed by atoms with Crippen LogP contribution >= 0.6 is 22.9 Å². The van der Waals surface area contributed by atoms with Crippen molar-refractivity contribution in [3.05, 3.63) is 58.3 Å². The summed E-state index contributed by atoms with van der Waals surface area (Å²) in [7, 11) is 0. The summed E-state index contributed by atoms with van der Waals surface area (Å²) in [4.78, 5) is 8.57. The molecule has 0 aliphatic carbocycles. The zero-order valence-corrected chi connectivity index (χ0v) is 16.6. The molecule has 0 radical (unpaired) electrons. The molecule has 9 heteroatoms. The first-order valence-electron chi connectivity index (χ1n) is 8.41. The Morgan fingerprint density at radius 3 is 2.54 bits per heavy atom. The lowest BCUT2D eigenvalue weighted by molar-refractivity contribution is -0.141. The van der Waals surface area contributed by atoms with Crippen molar-refractivity contribution in [3.8, 4) is 16.3 Å². The number of rotatable bonds is 6. The second kappa shape index (κ2) is 8.36. The van der Waals surface area contributed by atoms with Gasteiger partial charge in [-0.2, -0.15) is 13.2 Å². The quantitative estimate of drug-likeness (QED) is 0.470. The molecule has 0 saturated carbocycles. The summed E-state index contributed by atoms with van der Waals surface area (Å²) in [5.41, 5.74) is 0.160. The standard InChI is InChI=1S/C19H17ClF3N3OS/c1-11(2)27-14-5-3-12(4-6-14)18-25-10-15(28-18)9-24-13-7-16(19(21,22)23)26-17(20)8-13/h3-8,10-11H,9H2,1-2H3,(H,24,26). The third-order valence-electron chi connectivity index (χ3n) is 3.58. The largest absolute Gasteiger partial charge is 0.491 e. The van der Waals surface area contributed by atoms with Gasteiger partial charge in [0.1, 0.15) is 21.6 Å². The fourth-order valence-corrected chi connectivity index (χ4v) is 3.47. The van der Waals surface area contributed by atoms with Crippen molar-refractivity contribution >= 4 is 28.6 Å². The number of benzene rings is 1. The average molecular weight is 428 g/mol. The summed E-state index contributed by atoms with van der Waals surface area (Å²) in [6.45, 7) is 4.24. The zero-order chi connectivity index (χ0) is 20.3. The van der Waals surface area contributed by atoms with E-state index >= 15 is 0 Å². The van der Waals surface area contributed by atoms with Gasteiger partial charge in [0.2, 0.25) is 0 Å². The number of halogens is 4. The van der Waals surface area contributed by atoms with Crippen molar-refractivity contribution in [3.63, 3.8) is 0 Å². The van der Waals surface area contributed by atoms with Crippen molar-refractivity contribution in [2.75, 3.05) is 5.32 Å². The molecule has 0 unspecified atom stereocenters. The maximum atomic E-state index is 12.8. The second-order valence-corrected chi connectivity index (χ2v) is 7.74. The summed E-state index contributed by atoms with van der Waals surface area (Å²) in [5.74, 6) is 0.784. The molecule has 0 aliphatic rings. The van der Waals surface area contributed by atoms with Crippen molar-refractivity contribution in [1.82, 2.24) is 9.97 Å². The molecule has 0 spiro atoms. The first-order valence-corrected chi connectivity index (χ1v) is 9.60. The van der Waals surface area contributed by atoms with Gasteiger partial charge in [-0.1, -0.05) is 11.6 Å². The Balaban J connectivity index is 1.68. The van der Waals surface area contributed by atoms with E-state index < -0.39 is 11.9 Å². The third kappa shape index (κ3) is 5.36. The van der Waals surface area contributed by atoms with Crippen LogP contribution in [0, 0.1) is 0 Å². The summed E-state index contributed by atoms with van der Waals surface area (Å²) < 4.78 is 44.1. The minimum Gasteiger partial charge on any atom is -0.491 e. The molecule has 1 aromatic carbocycles. The molecule has 0 atom stereocenters. The van der Waals surface area contributed by atoms with Crippen LogP contribution in [-0.2, 0) is 12.7 Å². The van der Waals surface area contributed by atoms with Crippen LogP contribution < -0.4 is 10.1 Å².